The number of non-ortho nitro benzene ring substituents is 1. The Bertz CT molecular complexity index is 1100. The molecule has 0 radical (unpaired) electrons. The summed E-state index contributed by atoms with van der Waals surface area (Å²) < 4.78 is 10.7. The molecule has 7 heteroatoms. The molecule has 0 aliphatic carbocycles. The zero-order valence-corrected chi connectivity index (χ0v) is 14.8. The Hall–Kier alpha value is -4.18. The molecule has 1 heterocycles. The van der Waals surface area contributed by atoms with Crippen molar-refractivity contribution < 1.29 is 18.9 Å². The third-order valence-corrected chi connectivity index (χ3v) is 3.97. The monoisotopic (exact) mass is 374 g/mol. The lowest BCUT2D eigenvalue weighted by Gasteiger charge is -2.02. The number of ether oxygens (including phenoxy) is 1. The summed E-state index contributed by atoms with van der Waals surface area (Å²) in [4.78, 5) is 22.9. The summed E-state index contributed by atoms with van der Waals surface area (Å²) in [5.74, 6) is 0.842. The van der Waals surface area contributed by atoms with Crippen LogP contribution in [0, 0.1) is 21.4 Å². The summed E-state index contributed by atoms with van der Waals surface area (Å²) in [5, 5.41) is 20.3. The molecule has 0 unspecified atom stereocenters. The average molecular weight is 374 g/mol. The first-order valence-electron chi connectivity index (χ1n) is 8.17. The van der Waals surface area contributed by atoms with Crippen molar-refractivity contribution in [1.29, 1.82) is 5.26 Å². The van der Waals surface area contributed by atoms with Crippen molar-refractivity contribution in [2.75, 3.05) is 7.11 Å². The van der Waals surface area contributed by atoms with Crippen LogP contribution in [0.3, 0.4) is 0 Å². The lowest BCUT2D eigenvalue weighted by molar-refractivity contribution is -0.384. The van der Waals surface area contributed by atoms with Crippen molar-refractivity contribution in [3.05, 3.63) is 87.7 Å². The Morgan fingerprint density at radius 1 is 1.18 bits per heavy atom. The van der Waals surface area contributed by atoms with Gasteiger partial charge in [-0.25, -0.2) is 0 Å². The van der Waals surface area contributed by atoms with Gasteiger partial charge < -0.3 is 9.15 Å². The number of benzene rings is 2. The van der Waals surface area contributed by atoms with Crippen molar-refractivity contribution in [3.8, 4) is 23.1 Å². The molecule has 0 fully saturated rings. The first-order chi connectivity index (χ1) is 13.5. The first-order valence-corrected chi connectivity index (χ1v) is 8.17. The zero-order chi connectivity index (χ0) is 20.1. The van der Waals surface area contributed by atoms with Crippen LogP contribution in [0.5, 0.6) is 5.75 Å². The molecule has 1 aromatic heterocycles. The number of hydrogen-bond acceptors (Lipinski definition) is 6. The average Bonchev–Trinajstić information content (AvgIpc) is 3.20. The second-order valence-electron chi connectivity index (χ2n) is 5.74. The first kappa shape index (κ1) is 18.6. The van der Waals surface area contributed by atoms with Crippen LogP contribution in [0.1, 0.15) is 16.1 Å². The molecular formula is C21H14N2O5. The fourth-order valence-corrected chi connectivity index (χ4v) is 2.55. The van der Waals surface area contributed by atoms with Crippen molar-refractivity contribution in [3.63, 3.8) is 0 Å². The maximum absolute atomic E-state index is 12.5. The maximum Gasteiger partial charge on any atom is 0.270 e. The molecule has 0 spiro atoms. The van der Waals surface area contributed by atoms with Crippen LogP contribution in [0.2, 0.25) is 0 Å². The molecule has 0 aliphatic rings. The van der Waals surface area contributed by atoms with E-state index in [0.717, 1.165) is 0 Å². The lowest BCUT2D eigenvalue weighted by atomic mass is 10.0. The van der Waals surface area contributed by atoms with Crippen molar-refractivity contribution >= 4 is 17.5 Å². The molecule has 0 amide bonds. The van der Waals surface area contributed by atoms with Crippen LogP contribution >= 0.6 is 0 Å². The highest BCUT2D eigenvalue weighted by atomic mass is 16.6. The lowest BCUT2D eigenvalue weighted by Crippen LogP contribution is -2.01. The van der Waals surface area contributed by atoms with E-state index in [0.29, 0.717) is 28.4 Å². The van der Waals surface area contributed by atoms with E-state index in [1.54, 1.807) is 48.5 Å². The van der Waals surface area contributed by atoms with Gasteiger partial charge in [-0.15, -0.1) is 0 Å². The Morgan fingerprint density at radius 3 is 2.57 bits per heavy atom. The third-order valence-electron chi connectivity index (χ3n) is 3.97. The summed E-state index contributed by atoms with van der Waals surface area (Å²) in [6.07, 6.45) is 1.34. The Labute approximate surface area is 160 Å². The number of furan rings is 1. The molecule has 0 saturated carbocycles. The second kappa shape index (κ2) is 8.01. The predicted octanol–water partition coefficient (Wildman–Crippen LogP) is 4.65. The molecular weight excluding hydrogens is 360 g/mol. The summed E-state index contributed by atoms with van der Waals surface area (Å²) in [6.45, 7) is 0. The number of rotatable bonds is 6. The predicted molar refractivity (Wildman–Crippen MR) is 102 cm³/mol. The quantitative estimate of drug-likeness (QED) is 0.204. The molecule has 0 N–H and O–H groups in total. The number of carbonyl (C=O) groups excluding carboxylic acids is 1. The highest BCUT2D eigenvalue weighted by Crippen LogP contribution is 2.27. The number of ketones is 1. The van der Waals surface area contributed by atoms with E-state index in [1.165, 1.54) is 25.3 Å². The standard InChI is InChI=1S/C21H14N2O5/c1-27-18-7-5-14(6-8-18)21(24)16(13-22)12-19-9-10-20(28-19)15-3-2-4-17(11-15)23(25)26/h2-12H,1H3/b16-12+. The molecule has 3 aromatic rings. The molecule has 2 aromatic carbocycles. The number of allylic oxidation sites excluding steroid dienone is 1. The smallest absolute Gasteiger partial charge is 0.270 e. The normalized spacial score (nSPS) is 10.9. The minimum atomic E-state index is -0.492. The Balaban J connectivity index is 1.87. The van der Waals surface area contributed by atoms with Crippen molar-refractivity contribution in [2.24, 2.45) is 0 Å². The van der Waals surface area contributed by atoms with Crippen LogP contribution in [0.25, 0.3) is 17.4 Å². The van der Waals surface area contributed by atoms with E-state index < -0.39 is 10.7 Å². The van der Waals surface area contributed by atoms with Gasteiger partial charge in [0.25, 0.3) is 5.69 Å². The van der Waals surface area contributed by atoms with E-state index in [1.807, 2.05) is 6.07 Å². The van der Waals surface area contributed by atoms with Crippen LogP contribution < -0.4 is 4.74 Å². The van der Waals surface area contributed by atoms with Gasteiger partial charge >= 0.3 is 0 Å². The van der Waals surface area contributed by atoms with Crippen LogP contribution in [0.4, 0.5) is 5.69 Å². The van der Waals surface area contributed by atoms with Crippen LogP contribution in [-0.2, 0) is 0 Å². The largest absolute Gasteiger partial charge is 0.497 e. The summed E-state index contributed by atoms with van der Waals surface area (Å²) in [7, 11) is 1.52. The van der Waals surface area contributed by atoms with Gasteiger partial charge in [0.15, 0.2) is 0 Å². The van der Waals surface area contributed by atoms with Gasteiger partial charge in [-0.2, -0.15) is 5.26 Å². The fraction of sp³-hybridized carbons (Fsp3) is 0.0476. The van der Waals surface area contributed by atoms with Crippen LogP contribution in [0.15, 0.2) is 70.7 Å². The van der Waals surface area contributed by atoms with Crippen molar-refractivity contribution in [1.82, 2.24) is 0 Å². The van der Waals surface area contributed by atoms with Gasteiger partial charge in [0.05, 0.1) is 12.0 Å². The number of nitro groups is 1. The molecule has 0 atom stereocenters. The van der Waals surface area contributed by atoms with Gasteiger partial charge in [-0.1, -0.05) is 12.1 Å². The van der Waals surface area contributed by atoms with E-state index in [2.05, 4.69) is 0 Å². The molecule has 0 bridgehead atoms. The highest BCUT2D eigenvalue weighted by Gasteiger charge is 2.14. The van der Waals surface area contributed by atoms with Gasteiger partial charge in [0.2, 0.25) is 5.78 Å². The number of Topliss-reactive ketones (excluding diaryl/α,β-unsaturated/α-hetero) is 1. The Kier molecular flexibility index (Phi) is 5.33. The molecule has 0 aliphatic heterocycles. The topological polar surface area (TPSA) is 106 Å². The van der Waals surface area contributed by atoms with E-state index in [9.17, 15) is 20.2 Å². The van der Waals surface area contributed by atoms with Crippen molar-refractivity contribution in [2.45, 2.75) is 0 Å². The summed E-state index contributed by atoms with van der Waals surface area (Å²) in [5.41, 5.74) is 0.719. The molecule has 138 valence electrons. The van der Waals surface area contributed by atoms with Crippen LogP contribution in [-0.4, -0.2) is 17.8 Å². The molecule has 3 rings (SSSR count). The number of carbonyl (C=O) groups is 1. The van der Waals surface area contributed by atoms with E-state index in [4.69, 9.17) is 9.15 Å². The maximum atomic E-state index is 12.5. The number of nitriles is 1. The number of hydrogen-bond donors (Lipinski definition) is 0. The van der Waals surface area contributed by atoms with Gasteiger partial charge in [-0.05, 0) is 36.4 Å². The summed E-state index contributed by atoms with van der Waals surface area (Å²) >= 11 is 0. The minimum Gasteiger partial charge on any atom is -0.497 e. The number of methoxy groups -OCH3 is 1. The van der Waals surface area contributed by atoms with E-state index in [-0.39, 0.29) is 11.3 Å². The number of nitrogens with zero attached hydrogens (tertiary/aromatic N) is 2. The Morgan fingerprint density at radius 2 is 1.93 bits per heavy atom. The van der Waals surface area contributed by atoms with Gasteiger partial charge in [-0.3, -0.25) is 14.9 Å². The SMILES string of the molecule is COc1ccc(C(=O)/C(C#N)=C/c2ccc(-c3cccc([N+](=O)[O-])c3)o2)cc1. The second-order valence-corrected chi connectivity index (χ2v) is 5.74. The fourth-order valence-electron chi connectivity index (χ4n) is 2.55. The summed E-state index contributed by atoms with van der Waals surface area (Å²) in [6, 6.07) is 17.5. The van der Waals surface area contributed by atoms with Gasteiger partial charge in [0.1, 0.15) is 28.9 Å². The van der Waals surface area contributed by atoms with E-state index >= 15 is 0 Å². The molecule has 0 saturated heterocycles. The zero-order valence-electron chi connectivity index (χ0n) is 14.8. The highest BCUT2D eigenvalue weighted by molar-refractivity contribution is 6.13. The number of nitro benzene ring substituents is 1. The molecule has 28 heavy (non-hydrogen) atoms. The van der Waals surface area contributed by atoms with Gasteiger partial charge in [0, 0.05) is 29.3 Å². The third kappa shape index (κ3) is 3.97. The molecule has 7 nitrogen and oxygen atoms in total. The minimum absolute atomic E-state index is 0.0570.